The van der Waals surface area contributed by atoms with Crippen LogP contribution in [0.4, 0.5) is 0 Å². The zero-order chi connectivity index (χ0) is 13.1. The normalized spacial score (nSPS) is 13.4. The molecule has 0 saturated heterocycles. The lowest BCUT2D eigenvalue weighted by atomic mass is 10.2. The maximum atomic E-state index is 9.04. The van der Waals surface area contributed by atoms with Crippen molar-refractivity contribution in [2.45, 2.75) is 19.0 Å². The van der Waals surface area contributed by atoms with Gasteiger partial charge in [-0.1, -0.05) is 15.9 Å². The minimum Gasteiger partial charge on any atom is -0.459 e. The van der Waals surface area contributed by atoms with Gasteiger partial charge in [-0.15, -0.1) is 0 Å². The van der Waals surface area contributed by atoms with Gasteiger partial charge in [0.1, 0.15) is 11.3 Å². The predicted octanol–water partition coefficient (Wildman–Crippen LogP) is 2.20. The third kappa shape index (κ3) is 2.92. The largest absolute Gasteiger partial charge is 0.459 e. The van der Waals surface area contributed by atoms with E-state index >= 15 is 0 Å². The zero-order valence-electron chi connectivity index (χ0n) is 10.1. The van der Waals surface area contributed by atoms with Gasteiger partial charge in [0.2, 0.25) is 0 Å². The average molecular weight is 314 g/mol. The van der Waals surface area contributed by atoms with E-state index in [1.807, 2.05) is 31.2 Å². The van der Waals surface area contributed by atoms with Crippen LogP contribution in [-0.4, -0.2) is 29.5 Å². The summed E-state index contributed by atoms with van der Waals surface area (Å²) >= 11 is 3.42. The number of aliphatic hydroxyl groups is 2. The van der Waals surface area contributed by atoms with Gasteiger partial charge in [0.15, 0.2) is 0 Å². The third-order valence-electron chi connectivity index (χ3n) is 2.85. The fourth-order valence-electron chi connectivity index (χ4n) is 1.85. The molecule has 1 aromatic heterocycles. The lowest BCUT2D eigenvalue weighted by Crippen LogP contribution is -2.37. The number of benzene rings is 1. The van der Waals surface area contributed by atoms with Crippen molar-refractivity contribution in [3.8, 4) is 0 Å². The summed E-state index contributed by atoms with van der Waals surface area (Å²) in [5.74, 6) is 0.787. The Kier molecular flexibility index (Phi) is 4.40. The van der Waals surface area contributed by atoms with Gasteiger partial charge in [-0.2, -0.15) is 0 Å². The molecule has 0 fully saturated rings. The molecule has 0 spiro atoms. The second-order valence-corrected chi connectivity index (χ2v) is 5.20. The highest BCUT2D eigenvalue weighted by Gasteiger charge is 2.15. The number of rotatable bonds is 5. The first-order valence-electron chi connectivity index (χ1n) is 5.80. The molecule has 0 bridgehead atoms. The summed E-state index contributed by atoms with van der Waals surface area (Å²) in [5, 5.41) is 22.2. The molecule has 98 valence electrons. The molecule has 0 saturated carbocycles. The van der Waals surface area contributed by atoms with E-state index in [0.717, 1.165) is 21.2 Å². The Morgan fingerprint density at radius 3 is 2.67 bits per heavy atom. The van der Waals surface area contributed by atoms with Gasteiger partial charge < -0.3 is 19.9 Å². The van der Waals surface area contributed by atoms with Crippen molar-refractivity contribution in [1.29, 1.82) is 0 Å². The average Bonchev–Trinajstić information content (AvgIpc) is 2.78. The number of hydrogen-bond donors (Lipinski definition) is 3. The van der Waals surface area contributed by atoms with Crippen LogP contribution < -0.4 is 5.32 Å². The van der Waals surface area contributed by atoms with Gasteiger partial charge in [0, 0.05) is 9.86 Å². The predicted molar refractivity (Wildman–Crippen MR) is 73.4 cm³/mol. The highest BCUT2D eigenvalue weighted by Crippen LogP contribution is 2.26. The Balaban J connectivity index is 2.20. The molecule has 0 aliphatic rings. The van der Waals surface area contributed by atoms with Crippen LogP contribution in [0.25, 0.3) is 11.0 Å². The van der Waals surface area contributed by atoms with Gasteiger partial charge in [-0.05, 0) is 31.2 Å². The Labute approximate surface area is 114 Å². The summed E-state index contributed by atoms with van der Waals surface area (Å²) in [5.41, 5.74) is 0.825. The number of nitrogens with one attached hydrogen (secondary N) is 1. The number of halogens is 1. The highest BCUT2D eigenvalue weighted by molar-refractivity contribution is 9.10. The number of fused-ring (bicyclic) bond motifs is 1. The zero-order valence-corrected chi connectivity index (χ0v) is 11.6. The summed E-state index contributed by atoms with van der Waals surface area (Å²) in [6, 6.07) is 7.39. The lowest BCUT2D eigenvalue weighted by molar-refractivity contribution is 0.161. The van der Waals surface area contributed by atoms with E-state index in [0.29, 0.717) is 0 Å². The SMILES string of the molecule is CC(NC(CO)CO)c1cc2cc(Br)ccc2o1. The van der Waals surface area contributed by atoms with Crippen LogP contribution in [0.1, 0.15) is 18.7 Å². The van der Waals surface area contributed by atoms with Crippen molar-refractivity contribution in [3.63, 3.8) is 0 Å². The lowest BCUT2D eigenvalue weighted by Gasteiger charge is -2.17. The van der Waals surface area contributed by atoms with Gasteiger partial charge >= 0.3 is 0 Å². The monoisotopic (exact) mass is 313 g/mol. The molecule has 2 aromatic rings. The molecule has 1 aromatic carbocycles. The molecule has 3 N–H and O–H groups in total. The molecule has 0 aliphatic carbocycles. The van der Waals surface area contributed by atoms with E-state index in [1.54, 1.807) is 0 Å². The number of aliphatic hydroxyl groups excluding tert-OH is 2. The number of furan rings is 1. The summed E-state index contributed by atoms with van der Waals surface area (Å²) in [4.78, 5) is 0. The van der Waals surface area contributed by atoms with Crippen LogP contribution in [0.5, 0.6) is 0 Å². The van der Waals surface area contributed by atoms with Crippen molar-refractivity contribution in [1.82, 2.24) is 5.32 Å². The maximum Gasteiger partial charge on any atom is 0.134 e. The molecule has 0 aliphatic heterocycles. The minimum atomic E-state index is -0.333. The van der Waals surface area contributed by atoms with Crippen molar-refractivity contribution in [2.24, 2.45) is 0 Å². The Morgan fingerprint density at radius 2 is 2.00 bits per heavy atom. The second kappa shape index (κ2) is 5.84. The summed E-state index contributed by atoms with van der Waals surface area (Å²) < 4.78 is 6.73. The molecule has 2 rings (SSSR count). The molecule has 1 heterocycles. The summed E-state index contributed by atoms with van der Waals surface area (Å²) in [7, 11) is 0. The fraction of sp³-hybridized carbons (Fsp3) is 0.385. The smallest absolute Gasteiger partial charge is 0.134 e. The standard InChI is InChI=1S/C13H16BrNO3/c1-8(15-11(6-16)7-17)13-5-9-4-10(14)2-3-12(9)18-13/h2-5,8,11,15-17H,6-7H2,1H3. The van der Waals surface area contributed by atoms with E-state index < -0.39 is 0 Å². The van der Waals surface area contributed by atoms with Crippen LogP contribution in [0.2, 0.25) is 0 Å². The topological polar surface area (TPSA) is 65.6 Å². The number of hydrogen-bond acceptors (Lipinski definition) is 4. The fourth-order valence-corrected chi connectivity index (χ4v) is 2.23. The molecule has 1 atom stereocenters. The van der Waals surface area contributed by atoms with Crippen LogP contribution in [0, 0.1) is 0 Å². The van der Waals surface area contributed by atoms with Gasteiger partial charge in [0.05, 0.1) is 25.3 Å². The molecule has 1 unspecified atom stereocenters. The molecular weight excluding hydrogens is 298 g/mol. The molecule has 0 amide bonds. The van der Waals surface area contributed by atoms with E-state index in [2.05, 4.69) is 21.2 Å². The Morgan fingerprint density at radius 1 is 1.28 bits per heavy atom. The van der Waals surface area contributed by atoms with Gasteiger partial charge in [0.25, 0.3) is 0 Å². The highest BCUT2D eigenvalue weighted by atomic mass is 79.9. The van der Waals surface area contributed by atoms with Crippen LogP contribution >= 0.6 is 15.9 Å². The van der Waals surface area contributed by atoms with E-state index in [-0.39, 0.29) is 25.3 Å². The molecule has 4 nitrogen and oxygen atoms in total. The first-order valence-corrected chi connectivity index (χ1v) is 6.60. The van der Waals surface area contributed by atoms with E-state index in [1.165, 1.54) is 0 Å². The molecular formula is C13H16BrNO3. The van der Waals surface area contributed by atoms with Crippen LogP contribution in [0.15, 0.2) is 33.2 Å². The van der Waals surface area contributed by atoms with Crippen molar-refractivity contribution in [2.75, 3.05) is 13.2 Å². The first-order chi connectivity index (χ1) is 8.63. The Hall–Kier alpha value is -0.880. The quantitative estimate of drug-likeness (QED) is 0.791. The second-order valence-electron chi connectivity index (χ2n) is 4.28. The van der Waals surface area contributed by atoms with Crippen LogP contribution in [0.3, 0.4) is 0 Å². The molecule has 5 heteroatoms. The third-order valence-corrected chi connectivity index (χ3v) is 3.34. The van der Waals surface area contributed by atoms with E-state index in [9.17, 15) is 0 Å². The van der Waals surface area contributed by atoms with Gasteiger partial charge in [-0.3, -0.25) is 0 Å². The first kappa shape index (κ1) is 13.5. The van der Waals surface area contributed by atoms with E-state index in [4.69, 9.17) is 14.6 Å². The molecule has 18 heavy (non-hydrogen) atoms. The van der Waals surface area contributed by atoms with Crippen molar-refractivity contribution < 1.29 is 14.6 Å². The molecule has 0 radical (unpaired) electrons. The minimum absolute atomic E-state index is 0.0690. The van der Waals surface area contributed by atoms with Crippen molar-refractivity contribution in [3.05, 3.63) is 34.5 Å². The van der Waals surface area contributed by atoms with Crippen LogP contribution in [-0.2, 0) is 0 Å². The van der Waals surface area contributed by atoms with Crippen molar-refractivity contribution >= 4 is 26.9 Å². The summed E-state index contributed by atoms with van der Waals surface area (Å²) in [6.07, 6.45) is 0. The van der Waals surface area contributed by atoms with Gasteiger partial charge in [-0.25, -0.2) is 0 Å². The summed E-state index contributed by atoms with van der Waals surface area (Å²) in [6.45, 7) is 1.73. The Bertz CT molecular complexity index is 522. The maximum absolute atomic E-state index is 9.04.